The molecule has 9 heteroatoms. The van der Waals surface area contributed by atoms with Gasteiger partial charge in [0, 0.05) is 11.1 Å². The lowest BCUT2D eigenvalue weighted by atomic mass is 10.1. The molecule has 1 aromatic carbocycles. The average Bonchev–Trinajstić information content (AvgIpc) is 2.86. The summed E-state index contributed by atoms with van der Waals surface area (Å²) in [6.45, 7) is 0. The lowest BCUT2D eigenvalue weighted by Gasteiger charge is -2.15. The van der Waals surface area contributed by atoms with Gasteiger partial charge in [-0.3, -0.25) is 10.0 Å². The Hall–Kier alpha value is -2.09. The van der Waals surface area contributed by atoms with E-state index in [4.69, 9.17) is 42.6 Å². The molecule has 2 rings (SSSR count). The van der Waals surface area contributed by atoms with E-state index in [1.807, 2.05) is 0 Å². The molecule has 1 amide bonds. The molecule has 0 aliphatic carbocycles. The number of nitrogens with one attached hydrogen (secondary N) is 2. The number of hydrogen-bond donors (Lipinski definition) is 3. The van der Waals surface area contributed by atoms with Crippen LogP contribution in [0.4, 0.5) is 0 Å². The van der Waals surface area contributed by atoms with E-state index in [-0.39, 0.29) is 15.9 Å². The zero-order chi connectivity index (χ0) is 17.1. The van der Waals surface area contributed by atoms with Gasteiger partial charge in [-0.1, -0.05) is 23.2 Å². The van der Waals surface area contributed by atoms with Crippen LogP contribution in [0.1, 0.15) is 10.5 Å². The van der Waals surface area contributed by atoms with Crippen LogP contribution in [0.25, 0.3) is 11.1 Å². The number of methoxy groups -OCH3 is 3. The summed E-state index contributed by atoms with van der Waals surface area (Å²) < 4.78 is 15.9. The van der Waals surface area contributed by atoms with E-state index >= 15 is 0 Å². The molecule has 23 heavy (non-hydrogen) atoms. The molecule has 0 radical (unpaired) electrons. The second-order valence-electron chi connectivity index (χ2n) is 4.33. The zero-order valence-corrected chi connectivity index (χ0v) is 14.0. The molecular weight excluding hydrogens is 347 g/mol. The van der Waals surface area contributed by atoms with E-state index in [1.165, 1.54) is 26.8 Å². The number of amides is 1. The van der Waals surface area contributed by atoms with E-state index in [1.54, 1.807) is 12.1 Å². The number of hydroxylamine groups is 1. The summed E-state index contributed by atoms with van der Waals surface area (Å²) in [6.07, 6.45) is 0. The van der Waals surface area contributed by atoms with Crippen molar-refractivity contribution in [2.75, 3.05) is 21.3 Å². The Morgan fingerprint density at radius 1 is 1.13 bits per heavy atom. The summed E-state index contributed by atoms with van der Waals surface area (Å²) >= 11 is 12.4. The van der Waals surface area contributed by atoms with Gasteiger partial charge in [0.05, 0.1) is 26.4 Å². The molecular formula is C14H14Cl2N2O5. The van der Waals surface area contributed by atoms with Gasteiger partial charge in [0.1, 0.15) is 10.8 Å². The Balaban J connectivity index is 2.73. The molecule has 0 aliphatic heterocycles. The number of ether oxygens (including phenoxy) is 3. The third kappa shape index (κ3) is 2.90. The first-order chi connectivity index (χ1) is 11.0. The Bertz CT molecular complexity index is 745. The van der Waals surface area contributed by atoms with Gasteiger partial charge < -0.3 is 19.2 Å². The van der Waals surface area contributed by atoms with Gasteiger partial charge in [0.2, 0.25) is 5.75 Å². The highest BCUT2D eigenvalue weighted by Crippen LogP contribution is 2.48. The largest absolute Gasteiger partial charge is 0.493 e. The second kappa shape index (κ2) is 6.99. The Morgan fingerprint density at radius 2 is 1.78 bits per heavy atom. The van der Waals surface area contributed by atoms with Crippen molar-refractivity contribution in [2.24, 2.45) is 0 Å². The fraction of sp³-hybridized carbons (Fsp3) is 0.214. The molecule has 0 spiro atoms. The van der Waals surface area contributed by atoms with Crippen LogP contribution in [-0.4, -0.2) is 37.4 Å². The number of halogens is 2. The second-order valence-corrected chi connectivity index (χ2v) is 5.08. The maximum Gasteiger partial charge on any atom is 0.292 e. The van der Waals surface area contributed by atoms with Crippen LogP contribution in [-0.2, 0) is 0 Å². The normalized spacial score (nSPS) is 10.3. The number of carbonyl (C=O) groups is 1. The molecule has 2 aromatic rings. The number of rotatable bonds is 5. The molecule has 0 unspecified atom stereocenters. The Kier molecular flexibility index (Phi) is 5.25. The number of carbonyl (C=O) groups excluding carboxylic acids is 1. The van der Waals surface area contributed by atoms with Crippen molar-refractivity contribution in [1.29, 1.82) is 0 Å². The van der Waals surface area contributed by atoms with Gasteiger partial charge in [-0.05, 0) is 12.1 Å². The van der Waals surface area contributed by atoms with Crippen LogP contribution in [0, 0.1) is 0 Å². The SMILES string of the molecule is COc1ccc(-c2c(Cl)[nH]c(C(=O)NO)c2Cl)c(OC)c1OC. The predicted molar refractivity (Wildman–Crippen MR) is 85.2 cm³/mol. The number of H-pyrrole nitrogens is 1. The number of benzene rings is 1. The summed E-state index contributed by atoms with van der Waals surface area (Å²) in [6, 6.07) is 3.32. The fourth-order valence-electron chi connectivity index (χ4n) is 2.20. The van der Waals surface area contributed by atoms with E-state index in [2.05, 4.69) is 4.98 Å². The minimum absolute atomic E-state index is 0.0343. The van der Waals surface area contributed by atoms with Crippen molar-refractivity contribution < 1.29 is 24.2 Å². The summed E-state index contributed by atoms with van der Waals surface area (Å²) in [5, 5.41) is 8.90. The maximum absolute atomic E-state index is 11.6. The molecule has 0 bridgehead atoms. The summed E-state index contributed by atoms with van der Waals surface area (Å²) in [5.74, 6) is 0.339. The first kappa shape index (κ1) is 17.3. The highest BCUT2D eigenvalue weighted by molar-refractivity contribution is 6.41. The van der Waals surface area contributed by atoms with Crippen molar-refractivity contribution in [3.8, 4) is 28.4 Å². The molecule has 1 heterocycles. The lowest BCUT2D eigenvalue weighted by molar-refractivity contribution is 0.0701. The third-order valence-electron chi connectivity index (χ3n) is 3.20. The first-order valence-corrected chi connectivity index (χ1v) is 7.06. The van der Waals surface area contributed by atoms with Gasteiger partial charge in [0.25, 0.3) is 5.91 Å². The van der Waals surface area contributed by atoms with Crippen LogP contribution in [0.3, 0.4) is 0 Å². The molecule has 1 aromatic heterocycles. The van der Waals surface area contributed by atoms with Crippen LogP contribution >= 0.6 is 23.2 Å². The molecule has 7 nitrogen and oxygen atoms in total. The molecule has 0 atom stereocenters. The highest BCUT2D eigenvalue weighted by atomic mass is 35.5. The van der Waals surface area contributed by atoms with Crippen molar-refractivity contribution in [2.45, 2.75) is 0 Å². The molecule has 124 valence electrons. The molecule has 0 aliphatic rings. The number of aromatic amines is 1. The summed E-state index contributed by atoms with van der Waals surface area (Å²) in [5.41, 5.74) is 2.25. The minimum Gasteiger partial charge on any atom is -0.493 e. The molecule has 0 saturated carbocycles. The summed E-state index contributed by atoms with van der Waals surface area (Å²) in [7, 11) is 4.42. The van der Waals surface area contributed by atoms with Crippen LogP contribution < -0.4 is 19.7 Å². The topological polar surface area (TPSA) is 92.8 Å². The van der Waals surface area contributed by atoms with Gasteiger partial charge in [-0.2, -0.15) is 0 Å². The van der Waals surface area contributed by atoms with Gasteiger partial charge >= 0.3 is 0 Å². The average molecular weight is 361 g/mol. The maximum atomic E-state index is 11.6. The van der Waals surface area contributed by atoms with E-state index < -0.39 is 5.91 Å². The first-order valence-electron chi connectivity index (χ1n) is 6.30. The molecule has 0 fully saturated rings. The summed E-state index contributed by atoms with van der Waals surface area (Å²) in [4.78, 5) is 14.2. The van der Waals surface area contributed by atoms with Crippen LogP contribution in [0.15, 0.2) is 12.1 Å². The van der Waals surface area contributed by atoms with Crippen molar-refractivity contribution in [3.63, 3.8) is 0 Å². The van der Waals surface area contributed by atoms with Crippen molar-refractivity contribution >= 4 is 29.1 Å². The standard InChI is InChI=1S/C14H14Cl2N2O5/c1-21-7-5-4-6(11(22-2)12(7)23-3)8-9(15)10(14(19)18-20)17-13(8)16/h4-5,17,20H,1-3H3,(H,18,19). The molecule has 3 N–H and O–H groups in total. The zero-order valence-electron chi connectivity index (χ0n) is 12.5. The number of aromatic nitrogens is 1. The smallest absolute Gasteiger partial charge is 0.292 e. The van der Waals surface area contributed by atoms with Crippen LogP contribution in [0.5, 0.6) is 17.2 Å². The van der Waals surface area contributed by atoms with Crippen LogP contribution in [0.2, 0.25) is 10.2 Å². The van der Waals surface area contributed by atoms with Gasteiger partial charge in [0.15, 0.2) is 11.5 Å². The quantitative estimate of drug-likeness (QED) is 0.562. The van der Waals surface area contributed by atoms with Gasteiger partial charge in [-0.25, -0.2) is 5.48 Å². The third-order valence-corrected chi connectivity index (χ3v) is 3.86. The van der Waals surface area contributed by atoms with Crippen molar-refractivity contribution in [1.82, 2.24) is 10.5 Å². The van der Waals surface area contributed by atoms with Gasteiger partial charge in [-0.15, -0.1) is 0 Å². The van der Waals surface area contributed by atoms with Crippen molar-refractivity contribution in [3.05, 3.63) is 28.0 Å². The van der Waals surface area contributed by atoms with E-state index in [9.17, 15) is 4.79 Å². The Morgan fingerprint density at radius 3 is 2.30 bits per heavy atom. The Labute approximate surface area is 142 Å². The predicted octanol–water partition coefficient (Wildman–Crippen LogP) is 3.13. The minimum atomic E-state index is -0.817. The highest BCUT2D eigenvalue weighted by Gasteiger charge is 2.26. The molecule has 0 saturated heterocycles. The lowest BCUT2D eigenvalue weighted by Crippen LogP contribution is -2.19. The number of hydrogen-bond acceptors (Lipinski definition) is 5. The van der Waals surface area contributed by atoms with E-state index in [0.717, 1.165) is 0 Å². The monoisotopic (exact) mass is 360 g/mol. The fourth-order valence-corrected chi connectivity index (χ4v) is 2.86. The van der Waals surface area contributed by atoms with E-state index in [0.29, 0.717) is 28.4 Å².